The maximum Gasteiger partial charge on any atom is 0.472 e. The molecule has 0 saturated carbocycles. The number of phosphoric acid groups is 2. The molecule has 0 radical (unpaired) electrons. The number of aliphatic hydroxyl groups is 2. The number of aliphatic hydroxyl groups excluding tert-OH is 2. The van der Waals surface area contributed by atoms with Crippen LogP contribution in [0.25, 0.3) is 0 Å². The van der Waals surface area contributed by atoms with Gasteiger partial charge in [0.15, 0.2) is 6.10 Å². The zero-order valence-electron chi connectivity index (χ0n) is 51.6. The minimum Gasteiger partial charge on any atom is -0.463 e. The molecule has 0 aromatic rings. The van der Waals surface area contributed by atoms with E-state index in [4.69, 9.17) is 32.3 Å². The van der Waals surface area contributed by atoms with Crippen LogP contribution in [-0.2, 0) is 55.8 Å². The van der Waals surface area contributed by atoms with Gasteiger partial charge in [-0.2, -0.15) is 0 Å². The number of esters is 3. The van der Waals surface area contributed by atoms with Gasteiger partial charge in [0.25, 0.3) is 0 Å². The third kappa shape index (κ3) is 60.2. The minimum atomic E-state index is -4.92. The first-order chi connectivity index (χ1) is 40.2. The van der Waals surface area contributed by atoms with Crippen molar-refractivity contribution in [2.45, 2.75) is 270 Å². The van der Waals surface area contributed by atoms with Gasteiger partial charge in [-0.3, -0.25) is 32.5 Å². The topological polar surface area (TPSA) is 231 Å². The zero-order valence-corrected chi connectivity index (χ0v) is 53.4. The first-order valence-corrected chi connectivity index (χ1v) is 34.9. The highest BCUT2D eigenvalue weighted by molar-refractivity contribution is 7.47. The van der Waals surface area contributed by atoms with E-state index in [-0.39, 0.29) is 19.3 Å². The highest BCUT2D eigenvalue weighted by Gasteiger charge is 2.29. The molecule has 5 atom stereocenters. The van der Waals surface area contributed by atoms with Crippen LogP contribution in [0, 0.1) is 0 Å². The van der Waals surface area contributed by atoms with Crippen LogP contribution in [0.1, 0.15) is 252 Å². The molecule has 0 aliphatic rings. The monoisotopic (exact) mass is 1210 g/mol. The second kappa shape index (κ2) is 59.1. The fourth-order valence-electron chi connectivity index (χ4n) is 8.24. The molecule has 0 aliphatic carbocycles. The fraction of sp³-hybridized carbons (Fsp3) is 0.738. The first-order valence-electron chi connectivity index (χ1n) is 31.9. The van der Waals surface area contributed by atoms with Crippen molar-refractivity contribution in [3.63, 3.8) is 0 Å². The number of hydrogen-bond donors (Lipinski definition) is 4. The van der Waals surface area contributed by atoms with Crippen LogP contribution in [-0.4, -0.2) is 95.9 Å². The third-order valence-electron chi connectivity index (χ3n) is 13.1. The molecule has 0 amide bonds. The Morgan fingerprint density at radius 1 is 0.349 bits per heavy atom. The molecule has 0 aromatic carbocycles. The van der Waals surface area contributed by atoms with E-state index in [1.165, 1.54) is 96.3 Å². The summed E-state index contributed by atoms with van der Waals surface area (Å²) in [6.45, 7) is 2.44. The van der Waals surface area contributed by atoms with Crippen LogP contribution in [0.4, 0.5) is 0 Å². The van der Waals surface area contributed by atoms with Crippen molar-refractivity contribution in [3.05, 3.63) is 85.1 Å². The van der Waals surface area contributed by atoms with Crippen molar-refractivity contribution in [2.75, 3.05) is 39.6 Å². The average molecular weight is 1210 g/mol. The Bertz CT molecular complexity index is 1860. The highest BCUT2D eigenvalue weighted by Crippen LogP contribution is 2.45. The van der Waals surface area contributed by atoms with Crippen LogP contribution in [0.15, 0.2) is 85.1 Å². The van der Waals surface area contributed by atoms with Crippen molar-refractivity contribution < 1.29 is 75.8 Å². The Kier molecular flexibility index (Phi) is 56.8. The summed E-state index contributed by atoms with van der Waals surface area (Å²) in [4.78, 5) is 58.1. The molecule has 0 saturated heterocycles. The Hall–Kier alpha value is -3.27. The van der Waals surface area contributed by atoms with Gasteiger partial charge in [-0.05, 0) is 83.5 Å². The maximum absolute atomic E-state index is 12.9. The van der Waals surface area contributed by atoms with Gasteiger partial charge >= 0.3 is 33.6 Å². The van der Waals surface area contributed by atoms with Gasteiger partial charge in [0.05, 0.1) is 26.4 Å². The normalized spacial score (nSPS) is 14.9. The summed E-state index contributed by atoms with van der Waals surface area (Å²) < 4.78 is 60.6. The van der Waals surface area contributed by atoms with Gasteiger partial charge in [0.2, 0.25) is 0 Å². The van der Waals surface area contributed by atoms with Crippen molar-refractivity contribution in [3.8, 4) is 0 Å². The van der Waals surface area contributed by atoms with Gasteiger partial charge in [-0.1, -0.05) is 234 Å². The standard InChI is InChI=1S/C65H114O16P2/c1-4-7-10-13-16-19-22-25-27-28-29-30-32-35-36-39-42-45-48-51-63(68)75-54-60(66)55-77-82(71,72)78-56-61(67)57-79-83(73,74)80-59-62(81-65(70)53-50-47-44-41-38-33-24-21-18-15-12-9-6-3)58-76-64(69)52-49-46-43-40-37-34-31-26-23-20-17-14-11-8-5-2/h7,10,16,19,21,24-25,27,29-30,35-36,42,45,60-62,66-67H,4-6,8-9,11-15,17-18,20,22-23,26,28,31-34,37-41,43-44,46-59H2,1-3H3,(H,71,72)(H,73,74)/b10-7-,19-16-,24-21-,27-25-,30-29-,36-35-,45-42-. The molecular formula is C65H114O16P2. The van der Waals surface area contributed by atoms with E-state index in [1.807, 2.05) is 18.2 Å². The van der Waals surface area contributed by atoms with E-state index >= 15 is 0 Å². The van der Waals surface area contributed by atoms with Gasteiger partial charge in [0, 0.05) is 19.3 Å². The molecule has 5 unspecified atom stereocenters. The largest absolute Gasteiger partial charge is 0.472 e. The average Bonchev–Trinajstić information content (AvgIpc) is 3.46. The highest BCUT2D eigenvalue weighted by atomic mass is 31.2. The second-order valence-electron chi connectivity index (χ2n) is 21.2. The Morgan fingerprint density at radius 2 is 0.663 bits per heavy atom. The van der Waals surface area contributed by atoms with Crippen LogP contribution < -0.4 is 0 Å². The van der Waals surface area contributed by atoms with Gasteiger partial charge in [-0.25, -0.2) is 9.13 Å². The predicted octanol–water partition coefficient (Wildman–Crippen LogP) is 17.0. The summed E-state index contributed by atoms with van der Waals surface area (Å²) in [7, 11) is -9.78. The molecule has 0 bridgehead atoms. The number of rotatable bonds is 60. The van der Waals surface area contributed by atoms with Crippen molar-refractivity contribution >= 4 is 33.6 Å². The SMILES string of the molecule is CC/C=C\C/C=C\C/C=C\C/C=C\C/C=C\C/C=C\CCC(=O)OCC(O)COP(=O)(O)OCC(O)COP(=O)(O)OCC(COC(=O)CCCCCCCCCCCCCCCCC)OC(=O)CCCCCCC/C=C\CCCCCC. The number of hydrogen-bond acceptors (Lipinski definition) is 14. The molecule has 0 spiro atoms. The van der Waals surface area contributed by atoms with Crippen molar-refractivity contribution in [1.29, 1.82) is 0 Å². The molecule has 0 aliphatic heterocycles. The number of carbonyl (C=O) groups excluding carboxylic acids is 3. The van der Waals surface area contributed by atoms with E-state index < -0.39 is 91.5 Å². The number of phosphoric ester groups is 2. The minimum absolute atomic E-state index is 0.0600. The molecule has 0 rings (SSSR count). The summed E-state index contributed by atoms with van der Waals surface area (Å²) in [6, 6.07) is 0. The van der Waals surface area contributed by atoms with Crippen LogP contribution in [0.2, 0.25) is 0 Å². The van der Waals surface area contributed by atoms with E-state index in [0.29, 0.717) is 25.7 Å². The van der Waals surface area contributed by atoms with E-state index in [0.717, 1.165) is 89.9 Å². The lowest BCUT2D eigenvalue weighted by Crippen LogP contribution is -2.30. The quantitative estimate of drug-likeness (QED) is 0.0146. The molecule has 0 aromatic heterocycles. The molecule has 0 fully saturated rings. The lowest BCUT2D eigenvalue weighted by atomic mass is 10.0. The molecule has 480 valence electrons. The smallest absolute Gasteiger partial charge is 0.463 e. The summed E-state index contributed by atoms with van der Waals surface area (Å²) in [6.07, 6.45) is 60.9. The Labute approximate surface area is 502 Å². The maximum atomic E-state index is 12.9. The van der Waals surface area contributed by atoms with Crippen LogP contribution in [0.5, 0.6) is 0 Å². The molecule has 18 heteroatoms. The summed E-state index contributed by atoms with van der Waals surface area (Å²) in [5.74, 6) is -1.66. The lowest BCUT2D eigenvalue weighted by molar-refractivity contribution is -0.161. The Balaban J connectivity index is 4.70. The summed E-state index contributed by atoms with van der Waals surface area (Å²) >= 11 is 0. The van der Waals surface area contributed by atoms with E-state index in [9.17, 15) is 43.5 Å². The van der Waals surface area contributed by atoms with Gasteiger partial charge in [-0.15, -0.1) is 0 Å². The van der Waals surface area contributed by atoms with Gasteiger partial charge in [0.1, 0.15) is 25.4 Å². The number of carbonyl (C=O) groups is 3. The number of unbranched alkanes of at least 4 members (excludes halogenated alkanes) is 23. The van der Waals surface area contributed by atoms with E-state index in [2.05, 4.69) is 87.6 Å². The fourth-order valence-corrected chi connectivity index (χ4v) is 9.82. The molecule has 4 N–H and O–H groups in total. The zero-order chi connectivity index (χ0) is 61.0. The van der Waals surface area contributed by atoms with Crippen LogP contribution in [0.3, 0.4) is 0 Å². The van der Waals surface area contributed by atoms with Gasteiger partial charge < -0.3 is 34.2 Å². The molecule has 16 nitrogen and oxygen atoms in total. The first kappa shape index (κ1) is 79.7. The summed E-state index contributed by atoms with van der Waals surface area (Å²) in [5, 5.41) is 20.5. The van der Waals surface area contributed by atoms with Crippen LogP contribution >= 0.6 is 15.6 Å². The summed E-state index contributed by atoms with van der Waals surface area (Å²) in [5.41, 5.74) is 0. The second-order valence-corrected chi connectivity index (χ2v) is 24.1. The van der Waals surface area contributed by atoms with E-state index in [1.54, 1.807) is 0 Å². The number of ether oxygens (including phenoxy) is 3. The predicted molar refractivity (Wildman–Crippen MR) is 334 cm³/mol. The van der Waals surface area contributed by atoms with Crippen molar-refractivity contribution in [2.24, 2.45) is 0 Å². The molecular weight excluding hydrogens is 1100 g/mol. The number of allylic oxidation sites excluding steroid dienone is 14. The lowest BCUT2D eigenvalue weighted by Gasteiger charge is -2.21. The molecule has 0 heterocycles. The molecule has 83 heavy (non-hydrogen) atoms. The Morgan fingerprint density at radius 3 is 1.10 bits per heavy atom. The third-order valence-corrected chi connectivity index (χ3v) is 15.0. The van der Waals surface area contributed by atoms with Crippen molar-refractivity contribution in [1.82, 2.24) is 0 Å².